The summed E-state index contributed by atoms with van der Waals surface area (Å²) in [6.45, 7) is 1.74. The van der Waals surface area contributed by atoms with E-state index in [1.165, 1.54) is 6.26 Å². The van der Waals surface area contributed by atoms with Crippen molar-refractivity contribution in [3.8, 4) is 0 Å². The predicted octanol–water partition coefficient (Wildman–Crippen LogP) is 4.30. The van der Waals surface area contributed by atoms with Crippen molar-refractivity contribution >= 4 is 18.1 Å². The van der Waals surface area contributed by atoms with Gasteiger partial charge in [0.15, 0.2) is 0 Å². The Morgan fingerprint density at radius 3 is 2.05 bits per heavy atom. The lowest BCUT2D eigenvalue weighted by Gasteiger charge is -2.00. The average molecular weight is 264 g/mol. The van der Waals surface area contributed by atoms with Crippen LogP contribution in [0.15, 0.2) is 72.5 Å². The van der Waals surface area contributed by atoms with Crippen LogP contribution in [-0.2, 0) is 9.53 Å². The van der Waals surface area contributed by atoms with Crippen LogP contribution in [0.4, 0.5) is 0 Å². The molecule has 0 amide bonds. The van der Waals surface area contributed by atoms with Crippen molar-refractivity contribution in [3.05, 3.63) is 83.6 Å². The molecule has 0 aliphatic carbocycles. The van der Waals surface area contributed by atoms with Crippen molar-refractivity contribution in [2.75, 3.05) is 0 Å². The van der Waals surface area contributed by atoms with Crippen LogP contribution >= 0.6 is 0 Å². The Morgan fingerprint density at radius 2 is 1.45 bits per heavy atom. The first-order valence-electron chi connectivity index (χ1n) is 6.41. The third-order valence-electron chi connectivity index (χ3n) is 2.74. The number of carbonyl (C=O) groups is 1. The number of rotatable bonds is 4. The summed E-state index contributed by atoms with van der Waals surface area (Å²) in [5, 5.41) is 0. The molecule has 0 fully saturated rings. The highest BCUT2D eigenvalue weighted by Crippen LogP contribution is 2.08. The number of esters is 1. The molecular formula is C18H16O2. The molecule has 2 heteroatoms. The van der Waals surface area contributed by atoms with Gasteiger partial charge in [-0.05, 0) is 30.2 Å². The molecule has 0 unspecified atom stereocenters. The Hall–Kier alpha value is -2.61. The summed E-state index contributed by atoms with van der Waals surface area (Å²) in [6.07, 6.45) is 4.98. The van der Waals surface area contributed by atoms with Crippen molar-refractivity contribution in [2.24, 2.45) is 0 Å². The Labute approximate surface area is 119 Å². The van der Waals surface area contributed by atoms with Crippen LogP contribution in [0.1, 0.15) is 18.1 Å². The van der Waals surface area contributed by atoms with Gasteiger partial charge in [0.05, 0.1) is 6.26 Å². The Balaban J connectivity index is 1.95. The molecule has 2 aromatic carbocycles. The number of hydrogen-bond donors (Lipinski definition) is 0. The maximum atomic E-state index is 11.8. The highest BCUT2D eigenvalue weighted by atomic mass is 16.5. The SMILES string of the molecule is CC(=Cc1ccccc1)C(=O)OC=Cc1ccccc1. The van der Waals surface area contributed by atoms with Crippen LogP contribution in [0.2, 0.25) is 0 Å². The summed E-state index contributed by atoms with van der Waals surface area (Å²) in [4.78, 5) is 11.8. The molecule has 2 nitrogen and oxygen atoms in total. The minimum atomic E-state index is -0.346. The van der Waals surface area contributed by atoms with Crippen LogP contribution in [0, 0.1) is 0 Å². The molecule has 0 bridgehead atoms. The third-order valence-corrected chi connectivity index (χ3v) is 2.74. The van der Waals surface area contributed by atoms with Gasteiger partial charge in [0.1, 0.15) is 0 Å². The summed E-state index contributed by atoms with van der Waals surface area (Å²) < 4.78 is 5.09. The molecule has 20 heavy (non-hydrogen) atoms. The zero-order valence-electron chi connectivity index (χ0n) is 11.3. The quantitative estimate of drug-likeness (QED) is 0.467. The Bertz CT molecular complexity index is 610. The van der Waals surface area contributed by atoms with E-state index in [1.54, 1.807) is 19.1 Å². The van der Waals surface area contributed by atoms with Crippen LogP contribution in [0.5, 0.6) is 0 Å². The first-order valence-corrected chi connectivity index (χ1v) is 6.41. The highest BCUT2D eigenvalue weighted by Gasteiger charge is 2.03. The lowest BCUT2D eigenvalue weighted by Crippen LogP contribution is -2.00. The second-order valence-electron chi connectivity index (χ2n) is 4.36. The van der Waals surface area contributed by atoms with Gasteiger partial charge in [-0.3, -0.25) is 0 Å². The smallest absolute Gasteiger partial charge is 0.338 e. The van der Waals surface area contributed by atoms with Gasteiger partial charge in [-0.15, -0.1) is 0 Å². The second-order valence-corrected chi connectivity index (χ2v) is 4.36. The number of benzene rings is 2. The first kappa shape index (κ1) is 13.8. The van der Waals surface area contributed by atoms with Gasteiger partial charge in [0.2, 0.25) is 0 Å². The zero-order chi connectivity index (χ0) is 14.2. The number of ether oxygens (including phenoxy) is 1. The molecule has 0 spiro atoms. The van der Waals surface area contributed by atoms with Crippen LogP contribution in [0.3, 0.4) is 0 Å². The summed E-state index contributed by atoms with van der Waals surface area (Å²) in [7, 11) is 0. The van der Waals surface area contributed by atoms with Crippen molar-refractivity contribution in [1.29, 1.82) is 0 Å². The van der Waals surface area contributed by atoms with E-state index in [0.29, 0.717) is 5.57 Å². The maximum absolute atomic E-state index is 11.8. The maximum Gasteiger partial charge on any atom is 0.338 e. The highest BCUT2D eigenvalue weighted by molar-refractivity contribution is 5.93. The van der Waals surface area contributed by atoms with Crippen LogP contribution in [-0.4, -0.2) is 5.97 Å². The van der Waals surface area contributed by atoms with E-state index in [1.807, 2.05) is 60.7 Å². The zero-order valence-corrected chi connectivity index (χ0v) is 11.3. The van der Waals surface area contributed by atoms with Crippen LogP contribution in [0.25, 0.3) is 12.2 Å². The molecule has 0 atom stereocenters. The molecule has 2 rings (SSSR count). The number of carbonyl (C=O) groups excluding carboxylic acids is 1. The van der Waals surface area contributed by atoms with E-state index >= 15 is 0 Å². The largest absolute Gasteiger partial charge is 0.431 e. The van der Waals surface area contributed by atoms with Gasteiger partial charge in [-0.25, -0.2) is 4.79 Å². The predicted molar refractivity (Wildman–Crippen MR) is 81.7 cm³/mol. The fourth-order valence-electron chi connectivity index (χ4n) is 1.69. The molecule has 0 radical (unpaired) electrons. The van der Waals surface area contributed by atoms with E-state index in [9.17, 15) is 4.79 Å². The average Bonchev–Trinajstić information content (AvgIpc) is 2.49. The molecule has 0 saturated heterocycles. The minimum Gasteiger partial charge on any atom is -0.431 e. The van der Waals surface area contributed by atoms with Crippen LogP contribution < -0.4 is 0 Å². The molecule has 0 aliphatic heterocycles. The molecule has 0 aliphatic rings. The molecule has 0 aromatic heterocycles. The monoisotopic (exact) mass is 264 g/mol. The summed E-state index contributed by atoms with van der Waals surface area (Å²) >= 11 is 0. The van der Waals surface area contributed by atoms with E-state index in [-0.39, 0.29) is 5.97 Å². The lowest BCUT2D eigenvalue weighted by atomic mass is 10.1. The Kier molecular flexibility index (Phi) is 4.90. The van der Waals surface area contributed by atoms with Gasteiger partial charge < -0.3 is 4.74 Å². The van der Waals surface area contributed by atoms with Crippen molar-refractivity contribution in [1.82, 2.24) is 0 Å². The standard InChI is InChI=1S/C18H16O2/c1-15(14-17-10-6-3-7-11-17)18(19)20-13-12-16-8-4-2-5-9-16/h2-14H,1H3. The summed E-state index contributed by atoms with van der Waals surface area (Å²) in [6, 6.07) is 19.4. The van der Waals surface area contributed by atoms with Gasteiger partial charge >= 0.3 is 5.97 Å². The Morgan fingerprint density at radius 1 is 0.900 bits per heavy atom. The molecule has 100 valence electrons. The third kappa shape index (κ3) is 4.25. The van der Waals surface area contributed by atoms with Crippen molar-refractivity contribution in [2.45, 2.75) is 6.92 Å². The molecule has 2 aromatic rings. The molecule has 0 heterocycles. The summed E-state index contributed by atoms with van der Waals surface area (Å²) in [5.41, 5.74) is 2.54. The summed E-state index contributed by atoms with van der Waals surface area (Å²) in [5.74, 6) is -0.346. The first-order chi connectivity index (χ1) is 9.75. The topological polar surface area (TPSA) is 26.3 Å². The molecule has 0 saturated carbocycles. The van der Waals surface area contributed by atoms with Gasteiger partial charge in [-0.1, -0.05) is 60.7 Å². The normalized spacial score (nSPS) is 11.6. The van der Waals surface area contributed by atoms with E-state index < -0.39 is 0 Å². The van der Waals surface area contributed by atoms with Crippen molar-refractivity contribution in [3.63, 3.8) is 0 Å². The minimum absolute atomic E-state index is 0.346. The lowest BCUT2D eigenvalue weighted by molar-refractivity contribution is -0.133. The van der Waals surface area contributed by atoms with E-state index in [0.717, 1.165) is 11.1 Å². The molecule has 0 N–H and O–H groups in total. The van der Waals surface area contributed by atoms with Gasteiger partial charge in [-0.2, -0.15) is 0 Å². The fourth-order valence-corrected chi connectivity index (χ4v) is 1.69. The van der Waals surface area contributed by atoms with E-state index in [2.05, 4.69) is 0 Å². The fraction of sp³-hybridized carbons (Fsp3) is 0.0556. The number of hydrogen-bond acceptors (Lipinski definition) is 2. The van der Waals surface area contributed by atoms with Gasteiger partial charge in [0, 0.05) is 5.57 Å². The van der Waals surface area contributed by atoms with Gasteiger partial charge in [0.25, 0.3) is 0 Å². The second kappa shape index (κ2) is 7.10. The van der Waals surface area contributed by atoms with Crippen molar-refractivity contribution < 1.29 is 9.53 Å². The molecular weight excluding hydrogens is 248 g/mol. The van der Waals surface area contributed by atoms with E-state index in [4.69, 9.17) is 4.74 Å².